The summed E-state index contributed by atoms with van der Waals surface area (Å²) < 4.78 is 17.2. The molecule has 0 amide bonds. The Kier molecular flexibility index (Phi) is 39.1. The minimum absolute atomic E-state index is 0.0317. The van der Waals surface area contributed by atoms with E-state index < -0.39 is 18.1 Å². The van der Waals surface area contributed by atoms with E-state index in [2.05, 4.69) is 62.5 Å². The van der Waals surface area contributed by atoms with Crippen LogP contribution in [0, 0.1) is 0 Å². The fourth-order valence-electron chi connectivity index (χ4n) is 6.83. The minimum atomic E-state index is -1.13. The minimum Gasteiger partial charge on any atom is -0.544 e. The number of ether oxygens (including phenoxy) is 3. The molecule has 0 spiro atoms. The number of carboxylic acid groups (broad SMARTS) is 1. The number of carbonyl (C=O) groups is 3. The average Bonchev–Trinajstić information content (AvgIpc) is 3.18. The van der Waals surface area contributed by atoms with Gasteiger partial charge in [0.1, 0.15) is 12.6 Å². The summed E-state index contributed by atoms with van der Waals surface area (Å²) in [5.41, 5.74) is 0. The number of esters is 2. The van der Waals surface area contributed by atoms with E-state index in [0.717, 1.165) is 70.6 Å². The first kappa shape index (κ1) is 55.3. The molecule has 2 atom stereocenters. The van der Waals surface area contributed by atoms with Gasteiger partial charge in [-0.2, -0.15) is 0 Å². The zero-order chi connectivity index (χ0) is 42.8. The zero-order valence-electron chi connectivity index (χ0n) is 38.2. The Labute approximate surface area is 356 Å². The molecule has 0 N–H and O–H groups in total. The Morgan fingerprint density at radius 3 is 1.43 bits per heavy atom. The van der Waals surface area contributed by atoms with Crippen molar-refractivity contribution in [2.75, 3.05) is 41.0 Å². The second kappa shape index (κ2) is 41.0. The van der Waals surface area contributed by atoms with Gasteiger partial charge in [0, 0.05) is 19.3 Å². The summed E-state index contributed by atoms with van der Waals surface area (Å²) in [5, 5.41) is 11.6. The number of allylic oxidation sites excluding steroid dienone is 8. The van der Waals surface area contributed by atoms with Gasteiger partial charge >= 0.3 is 11.9 Å². The highest BCUT2D eigenvalue weighted by Crippen LogP contribution is 2.15. The van der Waals surface area contributed by atoms with Gasteiger partial charge in [0.15, 0.2) is 6.10 Å². The summed E-state index contributed by atoms with van der Waals surface area (Å²) in [4.78, 5) is 36.9. The van der Waals surface area contributed by atoms with E-state index in [4.69, 9.17) is 14.2 Å². The van der Waals surface area contributed by atoms with E-state index >= 15 is 0 Å². The molecular weight excluding hydrogens is 727 g/mol. The summed E-state index contributed by atoms with van der Waals surface area (Å²) in [6.45, 7) is 4.53. The first-order valence-corrected chi connectivity index (χ1v) is 23.7. The van der Waals surface area contributed by atoms with Crippen LogP contribution in [-0.4, -0.2) is 75.5 Å². The number of likely N-dealkylation sites (N-methyl/N-ethyl adjacent to an activating group) is 1. The van der Waals surface area contributed by atoms with Gasteiger partial charge in [-0.25, -0.2) is 0 Å². The van der Waals surface area contributed by atoms with Gasteiger partial charge < -0.3 is 28.6 Å². The van der Waals surface area contributed by atoms with E-state index in [9.17, 15) is 19.5 Å². The first-order chi connectivity index (χ1) is 28.1. The van der Waals surface area contributed by atoms with Gasteiger partial charge in [-0.1, -0.05) is 178 Å². The van der Waals surface area contributed by atoms with Crippen LogP contribution in [0.5, 0.6) is 0 Å². The molecule has 0 aliphatic carbocycles. The molecular formula is C50H89NO7. The molecule has 0 fully saturated rings. The standard InChI is InChI=1S/C50H89NO7/c1-6-8-10-12-14-16-18-20-22-24-25-27-29-31-33-35-37-39-41-49(53)58-46(44-56-43-42-47(50(54)55)51(3,4)5)45-57-48(52)40-38-36-34-32-30-28-26-23-21-19-17-15-13-11-9-7-2/h9,11,15,17,21,23,28,30,46-47H,6-8,10,12-14,16,18-20,22,24-27,29,31-45H2,1-5H3/b11-9+,17-15+,23-21+,30-28+. The van der Waals surface area contributed by atoms with Gasteiger partial charge in [-0.05, 0) is 51.4 Å². The van der Waals surface area contributed by atoms with Crippen molar-refractivity contribution >= 4 is 17.9 Å². The van der Waals surface area contributed by atoms with E-state index in [1.165, 1.54) is 96.3 Å². The maximum atomic E-state index is 12.7. The third kappa shape index (κ3) is 38.8. The van der Waals surface area contributed by atoms with Crippen molar-refractivity contribution in [2.24, 2.45) is 0 Å². The maximum Gasteiger partial charge on any atom is 0.306 e. The van der Waals surface area contributed by atoms with Crippen LogP contribution in [0.3, 0.4) is 0 Å². The highest BCUT2D eigenvalue weighted by Gasteiger charge is 2.25. The van der Waals surface area contributed by atoms with Crippen molar-refractivity contribution in [1.29, 1.82) is 0 Å². The van der Waals surface area contributed by atoms with E-state index in [0.29, 0.717) is 12.8 Å². The maximum absolute atomic E-state index is 12.7. The topological polar surface area (TPSA) is 102 Å². The molecule has 0 rings (SSSR count). The molecule has 0 saturated heterocycles. The molecule has 0 aliphatic rings. The highest BCUT2D eigenvalue weighted by molar-refractivity contribution is 5.70. The Balaban J connectivity index is 4.33. The average molecular weight is 816 g/mol. The summed E-state index contributed by atoms with van der Waals surface area (Å²) in [6, 6.07) is -0.730. The Hall–Kier alpha value is -2.71. The largest absolute Gasteiger partial charge is 0.544 e. The molecule has 0 aliphatic heterocycles. The number of unbranched alkanes of at least 4 members (excludes halogenated alkanes) is 20. The Morgan fingerprint density at radius 2 is 0.966 bits per heavy atom. The molecule has 0 heterocycles. The van der Waals surface area contributed by atoms with E-state index in [1.54, 1.807) is 21.1 Å². The van der Waals surface area contributed by atoms with Crippen LogP contribution >= 0.6 is 0 Å². The second-order valence-electron chi connectivity index (χ2n) is 17.0. The van der Waals surface area contributed by atoms with Crippen molar-refractivity contribution in [3.8, 4) is 0 Å². The first-order valence-electron chi connectivity index (χ1n) is 23.7. The number of quaternary nitrogens is 1. The van der Waals surface area contributed by atoms with Crippen LogP contribution in [0.15, 0.2) is 48.6 Å². The highest BCUT2D eigenvalue weighted by atomic mass is 16.6. The summed E-state index contributed by atoms with van der Waals surface area (Å²) in [6.07, 6.45) is 48.5. The van der Waals surface area contributed by atoms with E-state index in [1.807, 2.05) is 0 Å². The van der Waals surface area contributed by atoms with Crippen LogP contribution < -0.4 is 5.11 Å². The summed E-state index contributed by atoms with van der Waals surface area (Å²) in [7, 11) is 5.40. The molecule has 0 aromatic heterocycles. The van der Waals surface area contributed by atoms with Gasteiger partial charge in [0.05, 0.1) is 40.3 Å². The van der Waals surface area contributed by atoms with Crippen molar-refractivity contribution < 1.29 is 38.2 Å². The van der Waals surface area contributed by atoms with Crippen LogP contribution in [0.1, 0.15) is 200 Å². The van der Waals surface area contributed by atoms with Gasteiger partial charge in [-0.15, -0.1) is 0 Å². The molecule has 0 saturated carbocycles. The van der Waals surface area contributed by atoms with E-state index in [-0.39, 0.29) is 42.7 Å². The van der Waals surface area contributed by atoms with Crippen LogP contribution in [0.2, 0.25) is 0 Å². The predicted molar refractivity (Wildman–Crippen MR) is 240 cm³/mol. The zero-order valence-corrected chi connectivity index (χ0v) is 38.2. The van der Waals surface area contributed by atoms with Gasteiger partial charge in [-0.3, -0.25) is 9.59 Å². The summed E-state index contributed by atoms with van der Waals surface area (Å²) >= 11 is 0. The molecule has 8 nitrogen and oxygen atoms in total. The fraction of sp³-hybridized carbons (Fsp3) is 0.780. The molecule has 0 radical (unpaired) electrons. The number of rotatable bonds is 42. The fourth-order valence-corrected chi connectivity index (χ4v) is 6.83. The van der Waals surface area contributed by atoms with Gasteiger partial charge in [0.25, 0.3) is 0 Å². The lowest BCUT2D eigenvalue weighted by atomic mass is 10.0. The number of hydrogen-bond donors (Lipinski definition) is 0. The Morgan fingerprint density at radius 1 is 0.534 bits per heavy atom. The number of carbonyl (C=O) groups excluding carboxylic acids is 3. The number of carboxylic acids is 1. The Bertz CT molecular complexity index is 1090. The lowest BCUT2D eigenvalue weighted by Crippen LogP contribution is -2.55. The second-order valence-corrected chi connectivity index (χ2v) is 17.0. The quantitative estimate of drug-likeness (QED) is 0.0262. The van der Waals surface area contributed by atoms with Crippen molar-refractivity contribution in [1.82, 2.24) is 0 Å². The monoisotopic (exact) mass is 816 g/mol. The van der Waals surface area contributed by atoms with Gasteiger partial charge in [0.2, 0.25) is 0 Å². The number of hydrogen-bond acceptors (Lipinski definition) is 7. The molecule has 336 valence electrons. The molecule has 8 heteroatoms. The predicted octanol–water partition coefficient (Wildman–Crippen LogP) is 11.9. The summed E-state index contributed by atoms with van der Waals surface area (Å²) in [5.74, 6) is -1.77. The van der Waals surface area contributed by atoms with Crippen LogP contribution in [0.25, 0.3) is 0 Å². The number of nitrogens with zero attached hydrogens (tertiary/aromatic N) is 1. The molecule has 0 bridgehead atoms. The smallest absolute Gasteiger partial charge is 0.306 e. The third-order valence-corrected chi connectivity index (χ3v) is 10.5. The van der Waals surface area contributed by atoms with Crippen molar-refractivity contribution in [2.45, 2.75) is 212 Å². The molecule has 0 aromatic rings. The molecule has 0 aromatic carbocycles. The lowest BCUT2D eigenvalue weighted by molar-refractivity contribution is -0.889. The van der Waals surface area contributed by atoms with Crippen molar-refractivity contribution in [3.05, 3.63) is 48.6 Å². The molecule has 58 heavy (non-hydrogen) atoms. The van der Waals surface area contributed by atoms with Crippen LogP contribution in [0.4, 0.5) is 0 Å². The normalized spacial score (nSPS) is 13.3. The molecule has 2 unspecified atom stereocenters. The lowest BCUT2D eigenvalue weighted by Gasteiger charge is -2.34. The van der Waals surface area contributed by atoms with Crippen molar-refractivity contribution in [3.63, 3.8) is 0 Å². The van der Waals surface area contributed by atoms with Crippen LogP contribution in [-0.2, 0) is 28.6 Å². The third-order valence-electron chi connectivity index (χ3n) is 10.5. The number of aliphatic carboxylic acids is 1. The SMILES string of the molecule is CC/C=C/C/C=C/C/C=C/C/C=C/CCCCCC(=O)OCC(COCCC(C(=O)[O-])[N+](C)(C)C)OC(=O)CCCCCCCCCCCCCCCCCCCC.